The van der Waals surface area contributed by atoms with Crippen molar-refractivity contribution in [2.75, 3.05) is 18.6 Å². The van der Waals surface area contributed by atoms with Gasteiger partial charge in [-0.1, -0.05) is 19.1 Å². The molecule has 2 aromatic rings. The lowest BCUT2D eigenvalue weighted by atomic mass is 10.1. The Morgan fingerprint density at radius 2 is 1.87 bits per heavy atom. The zero-order valence-electron chi connectivity index (χ0n) is 16.8. The second-order valence-electron chi connectivity index (χ2n) is 6.44. The number of hydrogen-bond donors (Lipinski definition) is 1. The number of anilines is 1. The van der Waals surface area contributed by atoms with Gasteiger partial charge in [-0.05, 0) is 83.0 Å². The van der Waals surface area contributed by atoms with Gasteiger partial charge in [0.2, 0.25) is 0 Å². The Hall–Kier alpha value is -2.71. The molecule has 0 atom stereocenters. The molecule has 1 aliphatic heterocycles. The molecule has 2 aromatic carbocycles. The first-order valence-corrected chi connectivity index (χ1v) is 10.6. The van der Waals surface area contributed by atoms with E-state index in [2.05, 4.69) is 28.2 Å². The second kappa shape index (κ2) is 9.40. The Morgan fingerprint density at radius 3 is 2.47 bits per heavy atom. The molecule has 3 rings (SSSR count). The number of hydrogen-bond acceptors (Lipinski definition) is 5. The van der Waals surface area contributed by atoms with E-state index in [1.807, 2.05) is 31.2 Å². The molecule has 1 saturated heterocycles. The van der Waals surface area contributed by atoms with Gasteiger partial charge in [0.05, 0.1) is 23.9 Å². The van der Waals surface area contributed by atoms with E-state index >= 15 is 0 Å². The Morgan fingerprint density at radius 1 is 1.17 bits per heavy atom. The Labute approximate surface area is 189 Å². The molecule has 0 saturated carbocycles. The fraction of sp³-hybridized carbons (Fsp3) is 0.227. The molecule has 0 unspecified atom stereocenters. The molecular weight excluding hydrogens is 468 g/mol. The van der Waals surface area contributed by atoms with Crippen molar-refractivity contribution in [3.63, 3.8) is 0 Å². The SMILES string of the molecule is CCOc1c(Br)cc(/C=C2\C(=O)NC(=S)N(c3ccc(CC)cc3)C2=O)cc1OC. The van der Waals surface area contributed by atoms with Gasteiger partial charge < -0.3 is 9.47 Å². The number of benzene rings is 2. The molecule has 1 heterocycles. The van der Waals surface area contributed by atoms with Crippen LogP contribution < -0.4 is 19.7 Å². The molecule has 1 fully saturated rings. The van der Waals surface area contributed by atoms with Crippen LogP contribution in [0.4, 0.5) is 5.69 Å². The maximum atomic E-state index is 13.2. The minimum Gasteiger partial charge on any atom is -0.493 e. The first kappa shape index (κ1) is 22.0. The zero-order chi connectivity index (χ0) is 21.8. The van der Waals surface area contributed by atoms with Gasteiger partial charge in [-0.3, -0.25) is 19.8 Å². The molecule has 1 N–H and O–H groups in total. The Kier molecular flexibility index (Phi) is 6.89. The van der Waals surface area contributed by atoms with Crippen molar-refractivity contribution in [2.45, 2.75) is 20.3 Å². The van der Waals surface area contributed by atoms with Crippen molar-refractivity contribution in [1.29, 1.82) is 0 Å². The standard InChI is InChI=1S/C22H21BrN2O4S/c1-4-13-6-8-15(9-7-13)25-21(27)16(20(26)24-22(25)30)10-14-11-17(23)19(29-5-2)18(12-14)28-3/h6-12H,4-5H2,1-3H3,(H,24,26,30)/b16-10+. The van der Waals surface area contributed by atoms with Crippen LogP contribution >= 0.6 is 28.1 Å². The summed E-state index contributed by atoms with van der Waals surface area (Å²) in [5.41, 5.74) is 2.31. The summed E-state index contributed by atoms with van der Waals surface area (Å²) >= 11 is 8.71. The van der Waals surface area contributed by atoms with Gasteiger partial charge in [-0.15, -0.1) is 0 Å². The van der Waals surface area contributed by atoms with E-state index in [-0.39, 0.29) is 10.7 Å². The summed E-state index contributed by atoms with van der Waals surface area (Å²) in [5.74, 6) is 0.0111. The number of amides is 2. The van der Waals surface area contributed by atoms with Crippen LogP contribution in [0.5, 0.6) is 11.5 Å². The molecule has 0 spiro atoms. The van der Waals surface area contributed by atoms with Crippen molar-refractivity contribution >= 4 is 56.8 Å². The molecule has 6 nitrogen and oxygen atoms in total. The first-order valence-electron chi connectivity index (χ1n) is 9.40. The van der Waals surface area contributed by atoms with E-state index in [4.69, 9.17) is 21.7 Å². The normalized spacial score (nSPS) is 15.4. The van der Waals surface area contributed by atoms with Gasteiger partial charge in [-0.2, -0.15) is 0 Å². The van der Waals surface area contributed by atoms with Gasteiger partial charge in [0.25, 0.3) is 11.8 Å². The molecule has 2 amide bonds. The lowest BCUT2D eigenvalue weighted by molar-refractivity contribution is -0.122. The smallest absolute Gasteiger partial charge is 0.270 e. The lowest BCUT2D eigenvalue weighted by Gasteiger charge is -2.29. The summed E-state index contributed by atoms with van der Waals surface area (Å²) in [6, 6.07) is 11.0. The maximum Gasteiger partial charge on any atom is 0.270 e. The highest BCUT2D eigenvalue weighted by molar-refractivity contribution is 9.10. The van der Waals surface area contributed by atoms with E-state index < -0.39 is 11.8 Å². The number of nitrogens with zero attached hydrogens (tertiary/aromatic N) is 1. The number of rotatable bonds is 6. The van der Waals surface area contributed by atoms with Crippen LogP contribution in [0.25, 0.3) is 6.08 Å². The van der Waals surface area contributed by atoms with E-state index in [0.717, 1.165) is 12.0 Å². The molecule has 0 aromatic heterocycles. The van der Waals surface area contributed by atoms with Crippen LogP contribution in [-0.2, 0) is 16.0 Å². The van der Waals surface area contributed by atoms with Crippen LogP contribution in [0.1, 0.15) is 25.0 Å². The topological polar surface area (TPSA) is 67.9 Å². The van der Waals surface area contributed by atoms with Gasteiger partial charge in [0.1, 0.15) is 5.57 Å². The van der Waals surface area contributed by atoms with Gasteiger partial charge in [0, 0.05) is 0 Å². The maximum absolute atomic E-state index is 13.2. The van der Waals surface area contributed by atoms with Crippen LogP contribution in [0, 0.1) is 0 Å². The number of ether oxygens (including phenoxy) is 2. The largest absolute Gasteiger partial charge is 0.493 e. The molecule has 156 valence electrons. The Balaban J connectivity index is 2.01. The monoisotopic (exact) mass is 488 g/mol. The summed E-state index contributed by atoms with van der Waals surface area (Å²) in [6.07, 6.45) is 2.39. The lowest BCUT2D eigenvalue weighted by Crippen LogP contribution is -2.54. The van der Waals surface area contributed by atoms with E-state index in [0.29, 0.717) is 33.8 Å². The summed E-state index contributed by atoms with van der Waals surface area (Å²) < 4.78 is 11.6. The number of aryl methyl sites for hydroxylation is 1. The van der Waals surface area contributed by atoms with Crippen molar-refractivity contribution in [2.24, 2.45) is 0 Å². The molecule has 0 aliphatic carbocycles. The number of thiocarbonyl (C=S) groups is 1. The molecule has 1 aliphatic rings. The summed E-state index contributed by atoms with van der Waals surface area (Å²) in [6.45, 7) is 4.40. The molecule has 8 heteroatoms. The second-order valence-corrected chi connectivity index (χ2v) is 7.69. The first-order chi connectivity index (χ1) is 14.4. The highest BCUT2D eigenvalue weighted by atomic mass is 79.9. The number of halogens is 1. The van der Waals surface area contributed by atoms with Gasteiger partial charge in [0.15, 0.2) is 16.6 Å². The summed E-state index contributed by atoms with van der Waals surface area (Å²) in [7, 11) is 1.53. The van der Waals surface area contributed by atoms with Crippen LogP contribution in [0.2, 0.25) is 0 Å². The fourth-order valence-electron chi connectivity index (χ4n) is 3.05. The third-order valence-corrected chi connectivity index (χ3v) is 5.43. The van der Waals surface area contributed by atoms with Crippen LogP contribution in [0.15, 0.2) is 46.4 Å². The highest BCUT2D eigenvalue weighted by Crippen LogP contribution is 2.37. The summed E-state index contributed by atoms with van der Waals surface area (Å²) in [5, 5.41) is 2.65. The Bertz CT molecular complexity index is 1030. The van der Waals surface area contributed by atoms with Crippen LogP contribution in [0.3, 0.4) is 0 Å². The predicted molar refractivity (Wildman–Crippen MR) is 124 cm³/mol. The van der Waals surface area contributed by atoms with E-state index in [9.17, 15) is 9.59 Å². The number of methoxy groups -OCH3 is 1. The zero-order valence-corrected chi connectivity index (χ0v) is 19.2. The van der Waals surface area contributed by atoms with Gasteiger partial charge in [-0.25, -0.2) is 0 Å². The minimum absolute atomic E-state index is 0.0266. The minimum atomic E-state index is -0.546. The predicted octanol–water partition coefficient (Wildman–Crippen LogP) is 4.25. The fourth-order valence-corrected chi connectivity index (χ4v) is 3.90. The highest BCUT2D eigenvalue weighted by Gasteiger charge is 2.34. The van der Waals surface area contributed by atoms with E-state index in [1.54, 1.807) is 12.1 Å². The third kappa shape index (κ3) is 4.39. The molecular formula is C22H21BrN2O4S. The average Bonchev–Trinajstić information content (AvgIpc) is 2.73. The quantitative estimate of drug-likeness (QED) is 0.374. The third-order valence-electron chi connectivity index (χ3n) is 4.56. The molecule has 30 heavy (non-hydrogen) atoms. The van der Waals surface area contributed by atoms with E-state index in [1.165, 1.54) is 18.1 Å². The number of carbonyl (C=O) groups is 2. The summed E-state index contributed by atoms with van der Waals surface area (Å²) in [4.78, 5) is 27.0. The van der Waals surface area contributed by atoms with Crippen molar-refractivity contribution < 1.29 is 19.1 Å². The average molecular weight is 489 g/mol. The molecule has 0 radical (unpaired) electrons. The van der Waals surface area contributed by atoms with Crippen molar-refractivity contribution in [3.05, 3.63) is 57.6 Å². The number of nitrogens with one attached hydrogen (secondary N) is 1. The van der Waals surface area contributed by atoms with Crippen molar-refractivity contribution in [1.82, 2.24) is 5.32 Å². The number of carbonyl (C=O) groups excluding carboxylic acids is 2. The van der Waals surface area contributed by atoms with Crippen molar-refractivity contribution in [3.8, 4) is 11.5 Å². The van der Waals surface area contributed by atoms with Crippen LogP contribution in [-0.4, -0.2) is 30.6 Å². The molecule has 0 bridgehead atoms. The van der Waals surface area contributed by atoms with Gasteiger partial charge >= 0.3 is 0 Å².